The number of hydrogen-bond acceptors (Lipinski definition) is 6. The van der Waals surface area contributed by atoms with Crippen LogP contribution in [-0.4, -0.2) is 43.9 Å². The molecule has 4 N–H and O–H groups in total. The van der Waals surface area contributed by atoms with E-state index in [2.05, 4.69) is 15.3 Å². The Balaban J connectivity index is 1.77. The van der Waals surface area contributed by atoms with Crippen LogP contribution in [0.1, 0.15) is 32.1 Å². The quantitative estimate of drug-likeness (QED) is 0.253. The summed E-state index contributed by atoms with van der Waals surface area (Å²) in [6, 6.07) is 10.7. The number of carboxylic acid groups (broad SMARTS) is 2. The van der Waals surface area contributed by atoms with Gasteiger partial charge in [0.15, 0.2) is 5.13 Å². The molecule has 0 saturated carbocycles. The van der Waals surface area contributed by atoms with Crippen LogP contribution in [0.3, 0.4) is 0 Å². The third-order valence-electron chi connectivity index (χ3n) is 5.09. The van der Waals surface area contributed by atoms with Crippen LogP contribution >= 0.6 is 34.5 Å². The van der Waals surface area contributed by atoms with Crippen LogP contribution in [0, 0.1) is 6.92 Å². The van der Waals surface area contributed by atoms with Crippen molar-refractivity contribution in [2.24, 2.45) is 0 Å². The Labute approximate surface area is 217 Å². The minimum absolute atomic E-state index is 0.0333. The Bertz CT molecular complexity index is 1550. The average molecular weight is 547 g/mol. The molecule has 4 aromatic rings. The van der Waals surface area contributed by atoms with Gasteiger partial charge >= 0.3 is 17.8 Å². The number of fused-ring (bicyclic) bond motifs is 1. The molecule has 0 radical (unpaired) electrons. The van der Waals surface area contributed by atoms with Crippen molar-refractivity contribution in [1.29, 1.82) is 0 Å². The summed E-state index contributed by atoms with van der Waals surface area (Å²) >= 11 is 13.6. The lowest BCUT2D eigenvalue weighted by molar-refractivity contribution is -0.147. The molecule has 0 fully saturated rings. The molecule has 36 heavy (non-hydrogen) atoms. The van der Waals surface area contributed by atoms with E-state index in [1.807, 2.05) is 0 Å². The van der Waals surface area contributed by atoms with Crippen molar-refractivity contribution >= 4 is 79.3 Å². The van der Waals surface area contributed by atoms with Gasteiger partial charge in [-0.25, -0.2) is 14.6 Å². The predicted octanol–water partition coefficient (Wildman–Crippen LogP) is 4.81. The Morgan fingerprint density at radius 2 is 1.83 bits per heavy atom. The fourth-order valence-electron chi connectivity index (χ4n) is 3.36. The molecule has 4 rings (SSSR count). The number of nitrogens with zero attached hydrogens (tertiary/aromatic N) is 2. The Kier molecular flexibility index (Phi) is 6.97. The van der Waals surface area contributed by atoms with E-state index < -0.39 is 23.8 Å². The van der Waals surface area contributed by atoms with Crippen molar-refractivity contribution in [2.75, 3.05) is 10.2 Å². The highest BCUT2D eigenvalue weighted by atomic mass is 35.5. The molecule has 0 unspecified atom stereocenters. The van der Waals surface area contributed by atoms with Gasteiger partial charge in [0.05, 0.1) is 32.4 Å². The second kappa shape index (κ2) is 9.97. The Hall–Kier alpha value is -3.93. The third-order valence-corrected chi connectivity index (χ3v) is 7.08. The molecule has 0 saturated heterocycles. The van der Waals surface area contributed by atoms with Crippen LogP contribution in [0.25, 0.3) is 10.2 Å². The predicted molar refractivity (Wildman–Crippen MR) is 135 cm³/mol. The second-order valence-electron chi connectivity index (χ2n) is 7.59. The zero-order valence-corrected chi connectivity index (χ0v) is 20.7. The van der Waals surface area contributed by atoms with Crippen LogP contribution in [0.4, 0.5) is 10.8 Å². The number of nitrogens with one attached hydrogen (secondary N) is 2. The first kappa shape index (κ1) is 25.2. The largest absolute Gasteiger partial charge is 0.478 e. The summed E-state index contributed by atoms with van der Waals surface area (Å²) in [6.07, 6.45) is 0. The van der Waals surface area contributed by atoms with Gasteiger partial charge in [-0.1, -0.05) is 46.7 Å². The highest BCUT2D eigenvalue weighted by Gasteiger charge is 2.27. The summed E-state index contributed by atoms with van der Waals surface area (Å²) in [4.78, 5) is 56.1. The van der Waals surface area contributed by atoms with E-state index in [0.29, 0.717) is 21.5 Å². The summed E-state index contributed by atoms with van der Waals surface area (Å²) in [5.74, 6) is -4.48. The van der Waals surface area contributed by atoms with E-state index in [1.54, 1.807) is 25.1 Å². The minimum atomic E-state index is -1.63. The van der Waals surface area contributed by atoms with Gasteiger partial charge in [0.1, 0.15) is 5.69 Å². The van der Waals surface area contributed by atoms with Gasteiger partial charge < -0.3 is 20.5 Å². The fraction of sp³-hybridized carbons (Fsp3) is 0.0870. The van der Waals surface area contributed by atoms with Crippen LogP contribution in [0.15, 0.2) is 42.5 Å². The number of carbonyl (C=O) groups excluding carboxylic acids is 2. The summed E-state index contributed by atoms with van der Waals surface area (Å²) in [7, 11) is 0. The number of anilines is 2. The summed E-state index contributed by atoms with van der Waals surface area (Å²) in [5.41, 5.74) is 1.87. The summed E-state index contributed by atoms with van der Waals surface area (Å²) in [5, 5.41) is 20.9. The lowest BCUT2D eigenvalue weighted by Gasteiger charge is -2.20. The minimum Gasteiger partial charge on any atom is -0.478 e. The number of thiazole rings is 1. The van der Waals surface area contributed by atoms with Crippen molar-refractivity contribution < 1.29 is 29.4 Å². The Morgan fingerprint density at radius 1 is 1.08 bits per heavy atom. The zero-order valence-electron chi connectivity index (χ0n) is 18.3. The first-order valence-corrected chi connectivity index (χ1v) is 11.7. The highest BCUT2D eigenvalue weighted by Crippen LogP contribution is 2.35. The molecule has 0 bridgehead atoms. The Morgan fingerprint density at radius 3 is 2.47 bits per heavy atom. The molecule has 2 heterocycles. The van der Waals surface area contributed by atoms with E-state index in [0.717, 1.165) is 11.3 Å². The van der Waals surface area contributed by atoms with Crippen LogP contribution < -0.4 is 10.2 Å². The molecule has 2 aromatic carbocycles. The molecule has 0 aliphatic rings. The molecule has 0 aliphatic carbocycles. The molecular formula is C23H16Cl2N4O6S. The fourth-order valence-corrected chi connectivity index (χ4v) is 4.77. The SMILES string of the molecule is Cc1[nH]c(C(=O)N(Cc2cccc(C(=O)O)c2)c2nc3ccc(NC(=O)C(=O)O)cc3s2)c(Cl)c1Cl. The first-order chi connectivity index (χ1) is 17.0. The van der Waals surface area contributed by atoms with E-state index in [9.17, 15) is 24.3 Å². The number of carbonyl (C=O) groups is 4. The maximum Gasteiger partial charge on any atom is 0.394 e. The monoisotopic (exact) mass is 546 g/mol. The number of carboxylic acids is 2. The maximum atomic E-state index is 13.6. The molecule has 0 atom stereocenters. The number of aromatic nitrogens is 2. The molecule has 2 amide bonds. The van der Waals surface area contributed by atoms with E-state index in [-0.39, 0.29) is 38.7 Å². The number of H-pyrrole nitrogens is 1. The van der Waals surface area contributed by atoms with Crippen LogP contribution in [-0.2, 0) is 16.1 Å². The zero-order chi connectivity index (χ0) is 26.1. The number of aliphatic carboxylic acids is 1. The van der Waals surface area contributed by atoms with E-state index in [4.69, 9.17) is 28.3 Å². The lowest BCUT2D eigenvalue weighted by Crippen LogP contribution is -2.31. The average Bonchev–Trinajstić information content (AvgIpc) is 3.38. The van der Waals surface area contributed by atoms with Crippen molar-refractivity contribution in [1.82, 2.24) is 9.97 Å². The number of aromatic carboxylic acids is 1. The van der Waals surface area contributed by atoms with Crippen molar-refractivity contribution in [2.45, 2.75) is 13.5 Å². The highest BCUT2D eigenvalue weighted by molar-refractivity contribution is 7.22. The van der Waals surface area contributed by atoms with Gasteiger partial charge in [-0.15, -0.1) is 0 Å². The second-order valence-corrected chi connectivity index (χ2v) is 9.35. The van der Waals surface area contributed by atoms with Gasteiger partial charge in [0.25, 0.3) is 5.91 Å². The van der Waals surface area contributed by atoms with E-state index in [1.165, 1.54) is 29.2 Å². The van der Waals surface area contributed by atoms with Gasteiger partial charge in [-0.2, -0.15) is 0 Å². The number of hydrogen-bond donors (Lipinski definition) is 4. The molecule has 10 nitrogen and oxygen atoms in total. The topological polar surface area (TPSA) is 153 Å². The van der Waals surface area contributed by atoms with Gasteiger partial charge in [-0.05, 0) is 42.8 Å². The smallest absolute Gasteiger partial charge is 0.394 e. The number of aryl methyl sites for hydroxylation is 1. The molecule has 2 aromatic heterocycles. The van der Waals surface area contributed by atoms with Gasteiger partial charge in [-0.3, -0.25) is 14.5 Å². The van der Waals surface area contributed by atoms with E-state index >= 15 is 0 Å². The number of rotatable bonds is 6. The standard InChI is InChI=1S/C23H16Cl2N4O6S/c1-10-16(24)17(25)18(26-10)20(31)29(9-11-3-2-4-12(7-11)21(32)33)23-28-14-6-5-13(8-15(14)36-23)27-19(30)22(34)35/h2-8,26H,9H2,1H3,(H,27,30)(H,32,33)(H,34,35). The lowest BCUT2D eigenvalue weighted by atomic mass is 10.1. The molecule has 0 aliphatic heterocycles. The molecular weight excluding hydrogens is 531 g/mol. The molecule has 13 heteroatoms. The summed E-state index contributed by atoms with van der Waals surface area (Å²) < 4.78 is 0.567. The van der Waals surface area contributed by atoms with Gasteiger partial charge in [0.2, 0.25) is 0 Å². The third kappa shape index (κ3) is 5.03. The van der Waals surface area contributed by atoms with Crippen molar-refractivity contribution in [3.8, 4) is 0 Å². The molecule has 184 valence electrons. The maximum absolute atomic E-state index is 13.6. The first-order valence-electron chi connectivity index (χ1n) is 10.2. The summed E-state index contributed by atoms with van der Waals surface area (Å²) in [6.45, 7) is 1.63. The number of aromatic amines is 1. The van der Waals surface area contributed by atoms with Crippen LogP contribution in [0.2, 0.25) is 10.0 Å². The number of benzene rings is 2. The normalized spacial score (nSPS) is 10.9. The van der Waals surface area contributed by atoms with Crippen LogP contribution in [0.5, 0.6) is 0 Å². The number of amides is 2. The van der Waals surface area contributed by atoms with Crippen molar-refractivity contribution in [3.05, 3.63) is 75.0 Å². The molecule has 0 spiro atoms. The van der Waals surface area contributed by atoms with Gasteiger partial charge in [0, 0.05) is 11.4 Å². The van der Waals surface area contributed by atoms with Crippen molar-refractivity contribution in [3.63, 3.8) is 0 Å². The number of halogens is 2.